The van der Waals surface area contributed by atoms with Crippen LogP contribution in [0.3, 0.4) is 0 Å². The molecule has 2 aromatic rings. The molecule has 9 heteroatoms. The standard InChI is InChI=1S/C17H17ClN4O3S/c18-15-11-19-16(26-15)10-14(23)17(20-21-8-2-1-3-9-21)12-4-6-13(7-5-12)22(24)25/h4-7,11H,1-3,8-10H2/b20-17+. The Labute approximate surface area is 159 Å². The molecule has 0 radical (unpaired) electrons. The number of piperidine rings is 1. The molecule has 1 aromatic heterocycles. The number of hydrazone groups is 1. The van der Waals surface area contributed by atoms with E-state index in [-0.39, 0.29) is 17.9 Å². The molecule has 7 nitrogen and oxygen atoms in total. The first-order chi connectivity index (χ1) is 12.5. The number of halogens is 1. The summed E-state index contributed by atoms with van der Waals surface area (Å²) in [5.74, 6) is -0.185. The summed E-state index contributed by atoms with van der Waals surface area (Å²) in [6, 6.07) is 5.89. The van der Waals surface area contributed by atoms with Crippen molar-refractivity contribution in [2.45, 2.75) is 25.7 Å². The van der Waals surface area contributed by atoms with Gasteiger partial charge >= 0.3 is 0 Å². The van der Waals surface area contributed by atoms with Gasteiger partial charge in [0, 0.05) is 30.8 Å². The third-order valence-corrected chi connectivity index (χ3v) is 5.14. The van der Waals surface area contributed by atoms with Crippen molar-refractivity contribution < 1.29 is 9.72 Å². The fourth-order valence-electron chi connectivity index (χ4n) is 2.72. The molecule has 1 aliphatic rings. The second-order valence-electron chi connectivity index (χ2n) is 5.92. The van der Waals surface area contributed by atoms with Crippen molar-refractivity contribution >= 4 is 40.1 Å². The molecule has 0 aliphatic carbocycles. The molecule has 0 unspecified atom stereocenters. The second kappa shape index (κ2) is 8.37. The van der Waals surface area contributed by atoms with Gasteiger partial charge in [-0.2, -0.15) is 5.10 Å². The van der Waals surface area contributed by atoms with Crippen LogP contribution in [0.4, 0.5) is 5.69 Å². The van der Waals surface area contributed by atoms with Gasteiger partial charge in [0.15, 0.2) is 5.78 Å². The highest BCUT2D eigenvalue weighted by molar-refractivity contribution is 7.15. The van der Waals surface area contributed by atoms with Gasteiger partial charge in [-0.3, -0.25) is 19.9 Å². The molecule has 1 aliphatic heterocycles. The number of nitro benzene ring substituents is 1. The van der Waals surface area contributed by atoms with E-state index in [4.69, 9.17) is 11.6 Å². The highest BCUT2D eigenvalue weighted by Crippen LogP contribution is 2.20. The number of nitro groups is 1. The molecule has 0 atom stereocenters. The predicted molar refractivity (Wildman–Crippen MR) is 101 cm³/mol. The van der Waals surface area contributed by atoms with E-state index in [0.29, 0.717) is 20.6 Å². The van der Waals surface area contributed by atoms with Crippen molar-refractivity contribution in [1.82, 2.24) is 9.99 Å². The second-order valence-corrected chi connectivity index (χ2v) is 7.67. The van der Waals surface area contributed by atoms with E-state index < -0.39 is 4.92 Å². The summed E-state index contributed by atoms with van der Waals surface area (Å²) in [5.41, 5.74) is 0.840. The molecule has 0 amide bonds. The zero-order valence-corrected chi connectivity index (χ0v) is 15.5. The number of rotatable bonds is 6. The van der Waals surface area contributed by atoms with E-state index in [1.54, 1.807) is 12.1 Å². The van der Waals surface area contributed by atoms with Crippen LogP contribution in [0.15, 0.2) is 35.6 Å². The molecule has 0 saturated carbocycles. The average molecular weight is 393 g/mol. The number of carbonyl (C=O) groups excluding carboxylic acids is 1. The number of hydrogen-bond acceptors (Lipinski definition) is 7. The number of Topliss-reactive ketones (excluding diaryl/α,β-unsaturated/α-hetero) is 1. The molecule has 136 valence electrons. The van der Waals surface area contributed by atoms with Crippen LogP contribution in [0.25, 0.3) is 0 Å². The van der Waals surface area contributed by atoms with Gasteiger partial charge < -0.3 is 0 Å². The molecule has 26 heavy (non-hydrogen) atoms. The Morgan fingerprint density at radius 2 is 1.96 bits per heavy atom. The van der Waals surface area contributed by atoms with E-state index in [1.807, 2.05) is 5.01 Å². The molecule has 0 bridgehead atoms. The maximum atomic E-state index is 12.8. The summed E-state index contributed by atoms with van der Waals surface area (Å²) in [5, 5.41) is 17.9. The van der Waals surface area contributed by atoms with Crippen molar-refractivity contribution in [1.29, 1.82) is 0 Å². The third-order valence-electron chi connectivity index (χ3n) is 4.03. The van der Waals surface area contributed by atoms with Crippen LogP contribution in [-0.4, -0.2) is 39.5 Å². The van der Waals surface area contributed by atoms with E-state index >= 15 is 0 Å². The minimum absolute atomic E-state index is 0.0229. The number of hydrogen-bond donors (Lipinski definition) is 0. The maximum Gasteiger partial charge on any atom is 0.269 e. The monoisotopic (exact) mass is 392 g/mol. The molecule has 2 heterocycles. The van der Waals surface area contributed by atoms with Crippen molar-refractivity contribution in [3.05, 3.63) is 55.5 Å². The average Bonchev–Trinajstić information content (AvgIpc) is 3.05. The first kappa shape index (κ1) is 18.5. The van der Waals surface area contributed by atoms with Crippen molar-refractivity contribution in [3.8, 4) is 0 Å². The Morgan fingerprint density at radius 3 is 2.54 bits per heavy atom. The quantitative estimate of drug-likeness (QED) is 0.424. The summed E-state index contributed by atoms with van der Waals surface area (Å²) < 4.78 is 0.526. The SMILES string of the molecule is O=C(Cc1ncc(Cl)s1)/C(=N/N1CCCCC1)c1ccc([N+](=O)[O-])cc1. The fraction of sp³-hybridized carbons (Fsp3) is 0.353. The Balaban J connectivity index is 1.88. The number of non-ortho nitro benzene ring substituents is 1. The van der Waals surface area contributed by atoms with Gasteiger partial charge in [0.1, 0.15) is 15.1 Å². The van der Waals surface area contributed by atoms with Gasteiger partial charge in [-0.05, 0) is 31.4 Å². The van der Waals surface area contributed by atoms with Crippen LogP contribution in [-0.2, 0) is 11.2 Å². The Morgan fingerprint density at radius 1 is 1.27 bits per heavy atom. The van der Waals surface area contributed by atoms with Gasteiger partial charge in [-0.1, -0.05) is 11.6 Å². The van der Waals surface area contributed by atoms with Gasteiger partial charge in [0.2, 0.25) is 0 Å². The van der Waals surface area contributed by atoms with Crippen LogP contribution >= 0.6 is 22.9 Å². The van der Waals surface area contributed by atoms with Crippen molar-refractivity contribution in [2.24, 2.45) is 5.10 Å². The molecule has 0 N–H and O–H groups in total. The van der Waals surface area contributed by atoms with Gasteiger partial charge in [0.25, 0.3) is 5.69 Å². The largest absolute Gasteiger partial charge is 0.296 e. The number of benzene rings is 1. The maximum absolute atomic E-state index is 12.8. The summed E-state index contributed by atoms with van der Waals surface area (Å²) in [7, 11) is 0. The minimum Gasteiger partial charge on any atom is -0.296 e. The van der Waals surface area contributed by atoms with Crippen LogP contribution < -0.4 is 0 Å². The molecule has 1 aromatic carbocycles. The van der Waals surface area contributed by atoms with E-state index in [2.05, 4.69) is 10.1 Å². The predicted octanol–water partition coefficient (Wildman–Crippen LogP) is 3.71. The third kappa shape index (κ3) is 4.64. The molecule has 1 saturated heterocycles. The smallest absolute Gasteiger partial charge is 0.269 e. The van der Waals surface area contributed by atoms with E-state index in [9.17, 15) is 14.9 Å². The molecule has 3 rings (SSSR count). The van der Waals surface area contributed by atoms with Crippen LogP contribution in [0, 0.1) is 10.1 Å². The zero-order chi connectivity index (χ0) is 18.5. The number of ketones is 1. The van der Waals surface area contributed by atoms with Gasteiger partial charge in [-0.25, -0.2) is 4.98 Å². The summed E-state index contributed by atoms with van der Waals surface area (Å²) in [4.78, 5) is 27.4. The van der Waals surface area contributed by atoms with Gasteiger partial charge in [0.05, 0.1) is 17.5 Å². The lowest BCUT2D eigenvalue weighted by Gasteiger charge is -2.24. The van der Waals surface area contributed by atoms with E-state index in [1.165, 1.54) is 29.7 Å². The van der Waals surface area contributed by atoms with Crippen LogP contribution in [0.2, 0.25) is 4.34 Å². The van der Waals surface area contributed by atoms with Crippen molar-refractivity contribution in [2.75, 3.05) is 13.1 Å². The first-order valence-electron chi connectivity index (χ1n) is 8.25. The van der Waals surface area contributed by atoms with Crippen molar-refractivity contribution in [3.63, 3.8) is 0 Å². The first-order valence-corrected chi connectivity index (χ1v) is 9.44. The molecule has 0 spiro atoms. The highest BCUT2D eigenvalue weighted by atomic mass is 35.5. The lowest BCUT2D eigenvalue weighted by molar-refractivity contribution is -0.384. The van der Waals surface area contributed by atoms with Gasteiger partial charge in [-0.15, -0.1) is 11.3 Å². The lowest BCUT2D eigenvalue weighted by Crippen LogP contribution is -2.29. The van der Waals surface area contributed by atoms with E-state index in [0.717, 1.165) is 32.4 Å². The lowest BCUT2D eigenvalue weighted by atomic mass is 10.0. The fourth-order valence-corrected chi connectivity index (χ4v) is 3.68. The molecular weight excluding hydrogens is 376 g/mol. The highest BCUT2D eigenvalue weighted by Gasteiger charge is 2.20. The number of carbonyl (C=O) groups is 1. The zero-order valence-electron chi connectivity index (χ0n) is 13.9. The number of nitrogens with zero attached hydrogens (tertiary/aromatic N) is 4. The summed E-state index contributed by atoms with van der Waals surface area (Å²) >= 11 is 7.14. The van der Waals surface area contributed by atoms with Crippen LogP contribution in [0.5, 0.6) is 0 Å². The Bertz CT molecular complexity index is 829. The Hall–Kier alpha value is -2.32. The normalized spacial score (nSPS) is 15.1. The number of aromatic nitrogens is 1. The topological polar surface area (TPSA) is 88.7 Å². The number of thiazole rings is 1. The summed E-state index contributed by atoms with van der Waals surface area (Å²) in [6.07, 6.45) is 4.84. The Kier molecular flexibility index (Phi) is 5.95. The summed E-state index contributed by atoms with van der Waals surface area (Å²) in [6.45, 7) is 1.60. The molecular formula is C17H17ClN4O3S. The van der Waals surface area contributed by atoms with Crippen LogP contribution in [0.1, 0.15) is 29.8 Å². The molecule has 1 fully saturated rings. The minimum atomic E-state index is -0.468.